The number of hydrogen-bond donors (Lipinski definition) is 3. The highest BCUT2D eigenvalue weighted by Gasteiger charge is 2.44. The molecular formula is C63H65ClF2N14O6S2. The zero-order valence-electron chi connectivity index (χ0n) is 48.7. The third kappa shape index (κ3) is 12.0. The number of imidazole rings is 2. The Morgan fingerprint density at radius 1 is 0.591 bits per heavy atom. The number of carbonyl (C=O) groups is 5. The highest BCUT2D eigenvalue weighted by atomic mass is 35.5. The molecule has 2 fully saturated rings. The van der Waals surface area contributed by atoms with E-state index in [4.69, 9.17) is 4.74 Å². The molecule has 0 radical (unpaired) electrons. The third-order valence-electron chi connectivity index (χ3n) is 16.8. The van der Waals surface area contributed by atoms with Crippen LogP contribution in [-0.4, -0.2) is 131 Å². The van der Waals surface area contributed by atoms with Crippen molar-refractivity contribution in [2.75, 3.05) is 72.8 Å². The van der Waals surface area contributed by atoms with Gasteiger partial charge in [0.25, 0.3) is 23.6 Å². The number of nitrogens with zero attached hydrogens (tertiary/aromatic N) is 11. The average molecular weight is 1250 g/mol. The Kier molecular flexibility index (Phi) is 16.9. The minimum atomic E-state index is -1.04. The number of halogens is 3. The normalized spacial score (nSPS) is 16.7. The Morgan fingerprint density at radius 3 is 1.45 bits per heavy atom. The van der Waals surface area contributed by atoms with Gasteiger partial charge >= 0.3 is 6.09 Å². The summed E-state index contributed by atoms with van der Waals surface area (Å²) in [5.74, 6) is -2.59. The lowest BCUT2D eigenvalue weighted by Crippen LogP contribution is -2.50. The van der Waals surface area contributed by atoms with Gasteiger partial charge in [0.05, 0.1) is 37.1 Å². The van der Waals surface area contributed by atoms with Crippen molar-refractivity contribution >= 4 is 86.4 Å². The number of ether oxygens (including phenoxy) is 1. The maximum Gasteiger partial charge on any atom is 0.410 e. The smallest absolute Gasteiger partial charge is 0.410 e. The van der Waals surface area contributed by atoms with Crippen molar-refractivity contribution < 1.29 is 37.5 Å². The fourth-order valence-corrected chi connectivity index (χ4v) is 13.5. The zero-order chi connectivity index (χ0) is 60.1. The number of amides is 5. The minimum Gasteiger partial charge on any atom is -0.444 e. The number of fused-ring (bicyclic) bond motifs is 4. The van der Waals surface area contributed by atoms with Crippen LogP contribution in [0.1, 0.15) is 100 Å². The number of benzene rings is 4. The van der Waals surface area contributed by atoms with Gasteiger partial charge in [0.1, 0.15) is 17.2 Å². The molecule has 4 aromatic carbocycles. The first-order valence-electron chi connectivity index (χ1n) is 29.3. The van der Waals surface area contributed by atoms with Crippen LogP contribution in [0.2, 0.25) is 0 Å². The maximum absolute atomic E-state index is 15.7. The van der Waals surface area contributed by atoms with Gasteiger partial charge in [0.2, 0.25) is 0 Å². The first-order valence-corrected chi connectivity index (χ1v) is 31.0. The molecule has 0 aliphatic carbocycles. The minimum absolute atomic E-state index is 0. The Morgan fingerprint density at radius 2 is 1.03 bits per heavy atom. The van der Waals surface area contributed by atoms with Crippen LogP contribution in [0.5, 0.6) is 0 Å². The van der Waals surface area contributed by atoms with Gasteiger partial charge in [-0.25, -0.2) is 33.5 Å². The van der Waals surface area contributed by atoms with Gasteiger partial charge in [-0.3, -0.25) is 29.8 Å². The van der Waals surface area contributed by atoms with Crippen LogP contribution in [0, 0.1) is 11.6 Å². The number of anilines is 4. The molecule has 20 nitrogen and oxygen atoms in total. The number of carbonyl (C=O) groups excluding carboxylic acids is 5. The summed E-state index contributed by atoms with van der Waals surface area (Å²) < 4.78 is 40.8. The molecule has 8 aromatic rings. The molecule has 456 valence electrons. The summed E-state index contributed by atoms with van der Waals surface area (Å²) in [6.45, 7) is 13.3. The number of piperazine rings is 2. The van der Waals surface area contributed by atoms with E-state index in [1.165, 1.54) is 44.6 Å². The van der Waals surface area contributed by atoms with E-state index in [2.05, 4.69) is 45.7 Å². The van der Waals surface area contributed by atoms with Crippen molar-refractivity contribution in [3.8, 4) is 22.3 Å². The van der Waals surface area contributed by atoms with Crippen LogP contribution in [0.4, 0.5) is 35.2 Å². The van der Waals surface area contributed by atoms with Crippen molar-refractivity contribution in [3.63, 3.8) is 0 Å². The molecule has 2 atom stereocenters. The topological polar surface area (TPSA) is 208 Å². The van der Waals surface area contributed by atoms with Crippen molar-refractivity contribution in [2.45, 2.75) is 90.3 Å². The standard InChI is InChI=1S/C34H36FN7O4S.C29H28FN7O2S.ClH/c1-34(2,3)46-33(45)40-14-12-39(13-15-40)23-8-6-21(7-9-23)22-17-24-25(26(35)18-22)19-42(31(24)44)29(30(43)38-32-36-10-16-47-32)28-27-5-4-11-41(27)20-37-28;30-23-15-19(18-3-5-20(6-4-18)35-11-7-31-8-12-35)14-21-22(23)16-37(28(21)39)26(27(38)34-29-32-9-13-40-29)25-24-2-1-10-36(24)17-33-25;/h6-10,16-18,20,29H,4-5,11-15,19H2,1-3H3,(H,36,38,43);3-6,9,13-15,17,26,31H,1-2,7-8,10-12,16H2,(H,32,34,38);1H. The van der Waals surface area contributed by atoms with Crippen LogP contribution in [0.25, 0.3) is 22.3 Å². The van der Waals surface area contributed by atoms with E-state index in [-0.39, 0.29) is 54.2 Å². The third-order valence-corrected chi connectivity index (χ3v) is 18.1. The summed E-state index contributed by atoms with van der Waals surface area (Å²) in [5.41, 5.74) is 8.36. The molecular weight excluding hydrogens is 1190 g/mol. The van der Waals surface area contributed by atoms with E-state index in [0.717, 1.165) is 98.8 Å². The number of aromatic nitrogens is 6. The molecule has 14 rings (SSSR count). The van der Waals surface area contributed by atoms with Crippen LogP contribution < -0.4 is 25.8 Å². The Bertz CT molecular complexity index is 3920. The van der Waals surface area contributed by atoms with Gasteiger partial charge in [-0.1, -0.05) is 24.3 Å². The first kappa shape index (κ1) is 59.7. The molecule has 6 aliphatic heterocycles. The molecule has 5 amide bonds. The summed E-state index contributed by atoms with van der Waals surface area (Å²) in [6.07, 6.45) is 9.72. The molecule has 88 heavy (non-hydrogen) atoms. The molecule has 10 heterocycles. The first-order chi connectivity index (χ1) is 42.1. The molecule has 3 N–H and O–H groups in total. The van der Waals surface area contributed by atoms with Gasteiger partial charge in [-0.2, -0.15) is 0 Å². The SMILES string of the molecule is CC(C)(C)OC(=O)N1CCN(c2ccc(-c3cc(F)c4c(c3)C(=O)N(C(C(=O)Nc3nccs3)c3ncn5c3CCC5)C4)cc2)CC1.Cl.O=C(Nc1nccs1)C(c1ncn2c1CCC2)N1Cc2c(F)cc(-c3ccc(N4CCNCC4)cc3)cc2C1=O. The lowest BCUT2D eigenvalue weighted by molar-refractivity contribution is -0.121. The second-order valence-electron chi connectivity index (χ2n) is 23.3. The van der Waals surface area contributed by atoms with Crippen molar-refractivity contribution in [3.05, 3.63) is 165 Å². The molecule has 2 unspecified atom stereocenters. The summed E-state index contributed by atoms with van der Waals surface area (Å²) in [6, 6.07) is 20.1. The fourth-order valence-electron chi connectivity index (χ4n) is 12.5. The van der Waals surface area contributed by atoms with E-state index < -0.39 is 47.0 Å². The van der Waals surface area contributed by atoms with Crippen LogP contribution in [0.3, 0.4) is 0 Å². The van der Waals surface area contributed by atoms with E-state index in [1.54, 1.807) is 52.8 Å². The number of aryl methyl sites for hydroxylation is 2. The molecule has 6 aliphatic rings. The van der Waals surface area contributed by atoms with E-state index in [9.17, 15) is 24.0 Å². The van der Waals surface area contributed by atoms with Crippen molar-refractivity contribution in [1.29, 1.82) is 0 Å². The second kappa shape index (κ2) is 24.9. The molecule has 25 heteroatoms. The van der Waals surface area contributed by atoms with Crippen LogP contribution in [-0.2, 0) is 53.3 Å². The Balaban J connectivity index is 0.000000171. The summed E-state index contributed by atoms with van der Waals surface area (Å²) in [7, 11) is 0. The number of rotatable bonds is 12. The van der Waals surface area contributed by atoms with Crippen LogP contribution in [0.15, 0.2) is 109 Å². The highest BCUT2D eigenvalue weighted by molar-refractivity contribution is 7.14. The van der Waals surface area contributed by atoms with E-state index in [0.29, 0.717) is 64.5 Å². The number of nitrogens with one attached hydrogen (secondary N) is 3. The van der Waals surface area contributed by atoms with Gasteiger partial charge in [-0.15, -0.1) is 35.1 Å². The monoisotopic (exact) mass is 1250 g/mol. The average Bonchev–Trinajstić information content (AvgIpc) is 2.17. The summed E-state index contributed by atoms with van der Waals surface area (Å²) in [5, 5.41) is 13.4. The predicted octanol–water partition coefficient (Wildman–Crippen LogP) is 9.74. The molecule has 0 saturated carbocycles. The predicted molar refractivity (Wildman–Crippen MR) is 334 cm³/mol. The van der Waals surface area contributed by atoms with Crippen molar-refractivity contribution in [1.82, 2.24) is 49.1 Å². The maximum atomic E-state index is 15.7. The summed E-state index contributed by atoms with van der Waals surface area (Å²) >= 11 is 2.58. The van der Waals surface area contributed by atoms with E-state index in [1.807, 2.05) is 78.4 Å². The Hall–Kier alpha value is -8.58. The summed E-state index contributed by atoms with van der Waals surface area (Å²) in [4.78, 5) is 94.2. The quantitative estimate of drug-likeness (QED) is 0.104. The van der Waals surface area contributed by atoms with Crippen LogP contribution >= 0.6 is 35.1 Å². The van der Waals surface area contributed by atoms with Crippen molar-refractivity contribution in [2.24, 2.45) is 0 Å². The largest absolute Gasteiger partial charge is 0.444 e. The lowest BCUT2D eigenvalue weighted by atomic mass is 9.99. The lowest BCUT2D eigenvalue weighted by Gasteiger charge is -2.36. The second-order valence-corrected chi connectivity index (χ2v) is 25.1. The van der Waals surface area contributed by atoms with E-state index >= 15 is 8.78 Å². The molecule has 0 spiro atoms. The zero-order valence-corrected chi connectivity index (χ0v) is 51.2. The molecule has 2 saturated heterocycles. The van der Waals surface area contributed by atoms with Gasteiger partial charge < -0.3 is 43.7 Å². The molecule has 4 aromatic heterocycles. The Labute approximate surface area is 521 Å². The van der Waals surface area contributed by atoms with Gasteiger partial charge in [0.15, 0.2) is 22.3 Å². The highest BCUT2D eigenvalue weighted by Crippen LogP contribution is 2.41. The number of thiazole rings is 2. The number of hydrogen-bond acceptors (Lipinski definition) is 15. The van der Waals surface area contributed by atoms with Gasteiger partial charge in [0, 0.05) is 134 Å². The molecule has 0 bridgehead atoms. The fraction of sp³-hybridized carbons (Fsp3) is 0.349. The van der Waals surface area contributed by atoms with Gasteiger partial charge in [-0.05, 0) is 117 Å².